The summed E-state index contributed by atoms with van der Waals surface area (Å²) in [7, 11) is 1.72. The van der Waals surface area contributed by atoms with Crippen molar-refractivity contribution in [3.05, 3.63) is 102 Å². The third-order valence-corrected chi connectivity index (χ3v) is 5.64. The average Bonchev–Trinajstić information content (AvgIpc) is 2.79. The quantitative estimate of drug-likeness (QED) is 0.517. The van der Waals surface area contributed by atoms with Gasteiger partial charge in [0.1, 0.15) is 11.5 Å². The van der Waals surface area contributed by atoms with Gasteiger partial charge in [0, 0.05) is 28.2 Å². The molecule has 1 unspecified atom stereocenters. The molecule has 3 aromatic carbocycles. The van der Waals surface area contributed by atoms with Gasteiger partial charge in [0.15, 0.2) is 0 Å². The number of hydrogen-bond donors (Lipinski definition) is 1. The lowest BCUT2D eigenvalue weighted by Crippen LogP contribution is -2.03. The molecular weight excluding hydrogens is 356 g/mol. The SMILES string of the molecule is COc1c(C2=CCCC=C2)cccc1C(C)c1cccc(-c2ccccc2)c1O. The molecule has 0 heterocycles. The van der Waals surface area contributed by atoms with Crippen molar-refractivity contribution in [1.29, 1.82) is 0 Å². The molecule has 1 N–H and O–H groups in total. The van der Waals surface area contributed by atoms with Crippen molar-refractivity contribution in [2.75, 3.05) is 7.11 Å². The number of ether oxygens (including phenoxy) is 1. The highest BCUT2D eigenvalue weighted by atomic mass is 16.5. The molecular formula is C27H26O2. The highest BCUT2D eigenvalue weighted by molar-refractivity contribution is 5.80. The van der Waals surface area contributed by atoms with Crippen LogP contribution in [0.1, 0.15) is 42.4 Å². The zero-order valence-electron chi connectivity index (χ0n) is 16.9. The Morgan fingerprint density at radius 2 is 1.55 bits per heavy atom. The first-order valence-corrected chi connectivity index (χ1v) is 10.1. The number of allylic oxidation sites excluding steroid dienone is 4. The fraction of sp³-hybridized carbons (Fsp3) is 0.185. The molecule has 29 heavy (non-hydrogen) atoms. The highest BCUT2D eigenvalue weighted by Gasteiger charge is 2.21. The molecule has 0 bridgehead atoms. The number of para-hydroxylation sites is 2. The monoisotopic (exact) mass is 382 g/mol. The Kier molecular flexibility index (Phi) is 5.53. The van der Waals surface area contributed by atoms with Crippen LogP contribution in [0, 0.1) is 0 Å². The zero-order chi connectivity index (χ0) is 20.2. The smallest absolute Gasteiger partial charge is 0.130 e. The summed E-state index contributed by atoms with van der Waals surface area (Å²) in [6, 6.07) is 22.3. The van der Waals surface area contributed by atoms with E-state index in [1.165, 1.54) is 5.57 Å². The molecule has 0 radical (unpaired) electrons. The van der Waals surface area contributed by atoms with Gasteiger partial charge in [-0.25, -0.2) is 0 Å². The molecule has 0 spiro atoms. The Morgan fingerprint density at radius 3 is 2.24 bits per heavy atom. The summed E-state index contributed by atoms with van der Waals surface area (Å²) in [5.41, 5.74) is 6.14. The fourth-order valence-electron chi connectivity index (χ4n) is 4.09. The van der Waals surface area contributed by atoms with Crippen LogP contribution >= 0.6 is 0 Å². The molecule has 1 atom stereocenters. The minimum atomic E-state index is -0.0123. The summed E-state index contributed by atoms with van der Waals surface area (Å²) < 4.78 is 5.87. The van der Waals surface area contributed by atoms with Crippen molar-refractivity contribution in [2.24, 2.45) is 0 Å². The molecule has 0 saturated carbocycles. The van der Waals surface area contributed by atoms with Gasteiger partial charge in [-0.1, -0.05) is 91.9 Å². The summed E-state index contributed by atoms with van der Waals surface area (Å²) >= 11 is 0. The van der Waals surface area contributed by atoms with E-state index in [1.54, 1.807) is 7.11 Å². The van der Waals surface area contributed by atoms with Crippen molar-refractivity contribution < 1.29 is 9.84 Å². The maximum Gasteiger partial charge on any atom is 0.130 e. The van der Waals surface area contributed by atoms with Gasteiger partial charge in [0.25, 0.3) is 0 Å². The largest absolute Gasteiger partial charge is 0.507 e. The van der Waals surface area contributed by atoms with E-state index in [2.05, 4.69) is 43.4 Å². The first-order chi connectivity index (χ1) is 14.2. The highest BCUT2D eigenvalue weighted by Crippen LogP contribution is 2.42. The van der Waals surface area contributed by atoms with Crippen molar-refractivity contribution in [1.82, 2.24) is 0 Å². The van der Waals surface area contributed by atoms with Crippen LogP contribution in [0.25, 0.3) is 16.7 Å². The van der Waals surface area contributed by atoms with Crippen LogP contribution in [0.2, 0.25) is 0 Å². The van der Waals surface area contributed by atoms with Crippen molar-refractivity contribution in [3.8, 4) is 22.6 Å². The number of phenolic OH excluding ortho intramolecular Hbond substituents is 1. The number of benzene rings is 3. The summed E-state index contributed by atoms with van der Waals surface area (Å²) in [6.45, 7) is 2.12. The third-order valence-electron chi connectivity index (χ3n) is 5.64. The number of hydrogen-bond acceptors (Lipinski definition) is 2. The van der Waals surface area contributed by atoms with Gasteiger partial charge in [0.05, 0.1) is 7.11 Å². The van der Waals surface area contributed by atoms with Crippen LogP contribution in [0.4, 0.5) is 0 Å². The first kappa shape index (κ1) is 19.1. The van der Waals surface area contributed by atoms with E-state index in [0.29, 0.717) is 5.75 Å². The van der Waals surface area contributed by atoms with Crippen molar-refractivity contribution in [2.45, 2.75) is 25.7 Å². The van der Waals surface area contributed by atoms with Crippen LogP contribution in [0.5, 0.6) is 11.5 Å². The second-order valence-electron chi connectivity index (χ2n) is 7.40. The van der Waals surface area contributed by atoms with Gasteiger partial charge in [-0.15, -0.1) is 0 Å². The van der Waals surface area contributed by atoms with Gasteiger partial charge in [0.2, 0.25) is 0 Å². The molecule has 0 aliphatic heterocycles. The van der Waals surface area contributed by atoms with Gasteiger partial charge in [-0.3, -0.25) is 0 Å². The molecule has 146 valence electrons. The summed E-state index contributed by atoms with van der Waals surface area (Å²) in [6.07, 6.45) is 8.78. The van der Waals surface area contributed by atoms with E-state index in [0.717, 1.165) is 46.4 Å². The van der Waals surface area contributed by atoms with Crippen molar-refractivity contribution >= 4 is 5.57 Å². The lowest BCUT2D eigenvalue weighted by Gasteiger charge is -2.21. The number of aromatic hydroxyl groups is 1. The van der Waals surface area contributed by atoms with Crippen molar-refractivity contribution in [3.63, 3.8) is 0 Å². The standard InChI is InChI=1S/C27H26O2/c1-19(22-15-9-17-24(26(22)28)20-11-5-3-6-12-20)23-16-10-18-25(27(23)29-2)21-13-7-4-8-14-21/h3,5-7,9-19,28H,4,8H2,1-2H3. The minimum Gasteiger partial charge on any atom is -0.507 e. The molecule has 0 fully saturated rings. The van der Waals surface area contributed by atoms with E-state index >= 15 is 0 Å². The van der Waals surface area contributed by atoms with Crippen LogP contribution < -0.4 is 4.74 Å². The number of rotatable bonds is 5. The van der Waals surface area contributed by atoms with Gasteiger partial charge in [-0.05, 0) is 24.0 Å². The normalized spacial score (nSPS) is 14.3. The molecule has 0 saturated heterocycles. The molecule has 2 nitrogen and oxygen atoms in total. The van der Waals surface area contributed by atoms with E-state index in [-0.39, 0.29) is 5.92 Å². The van der Waals surface area contributed by atoms with Gasteiger partial charge in [-0.2, -0.15) is 0 Å². The Morgan fingerprint density at radius 1 is 0.828 bits per heavy atom. The number of methoxy groups -OCH3 is 1. The Hall–Kier alpha value is -3.26. The second kappa shape index (κ2) is 8.40. The van der Waals surface area contributed by atoms with Crippen LogP contribution in [-0.2, 0) is 0 Å². The zero-order valence-corrected chi connectivity index (χ0v) is 16.9. The Labute approximate surface area is 172 Å². The van der Waals surface area contributed by atoms with Crippen LogP contribution in [0.3, 0.4) is 0 Å². The van der Waals surface area contributed by atoms with E-state index in [1.807, 2.05) is 48.5 Å². The molecule has 1 aliphatic rings. The topological polar surface area (TPSA) is 29.5 Å². The van der Waals surface area contributed by atoms with Gasteiger partial charge < -0.3 is 9.84 Å². The molecule has 4 rings (SSSR count). The molecule has 1 aliphatic carbocycles. The summed E-state index contributed by atoms with van der Waals surface area (Å²) in [4.78, 5) is 0. The lowest BCUT2D eigenvalue weighted by atomic mass is 9.87. The predicted octanol–water partition coefficient (Wildman–Crippen LogP) is 6.95. The minimum absolute atomic E-state index is 0.0123. The lowest BCUT2D eigenvalue weighted by molar-refractivity contribution is 0.406. The van der Waals surface area contributed by atoms with E-state index in [4.69, 9.17) is 4.74 Å². The molecule has 0 aromatic heterocycles. The maximum atomic E-state index is 11.1. The molecule has 0 amide bonds. The van der Waals surface area contributed by atoms with Crippen LogP contribution in [0.15, 0.2) is 85.0 Å². The summed E-state index contributed by atoms with van der Waals surface area (Å²) in [5, 5.41) is 11.1. The van der Waals surface area contributed by atoms with Crippen LogP contribution in [-0.4, -0.2) is 12.2 Å². The molecule has 3 aromatic rings. The Bertz CT molecular complexity index is 1060. The maximum absolute atomic E-state index is 11.1. The van der Waals surface area contributed by atoms with Gasteiger partial charge >= 0.3 is 0 Å². The Balaban J connectivity index is 1.79. The molecule has 2 heteroatoms. The second-order valence-corrected chi connectivity index (χ2v) is 7.40. The van der Waals surface area contributed by atoms with E-state index < -0.39 is 0 Å². The van der Waals surface area contributed by atoms with E-state index in [9.17, 15) is 5.11 Å². The number of phenols is 1. The first-order valence-electron chi connectivity index (χ1n) is 10.1. The summed E-state index contributed by atoms with van der Waals surface area (Å²) in [5.74, 6) is 1.19. The third kappa shape index (κ3) is 3.71. The average molecular weight is 383 g/mol. The predicted molar refractivity (Wildman–Crippen MR) is 120 cm³/mol. The fourth-order valence-corrected chi connectivity index (χ4v) is 4.09.